The number of Topliss-reactive ketones (excluding diaryl/α,β-unsaturated/α-hetero) is 2. The second kappa shape index (κ2) is 33.8. The molecule has 6 aromatic heterocycles. The van der Waals surface area contributed by atoms with Gasteiger partial charge in [-0.25, -0.2) is 27.5 Å². The van der Waals surface area contributed by atoms with E-state index < -0.39 is 69.4 Å². The van der Waals surface area contributed by atoms with Gasteiger partial charge in [-0.15, -0.1) is 9.59 Å². The topological polar surface area (TPSA) is 304 Å². The third kappa shape index (κ3) is 18.0. The number of benzene rings is 2. The summed E-state index contributed by atoms with van der Waals surface area (Å²) in [4.78, 5) is 109. The molecule has 2 aromatic carbocycles. The summed E-state index contributed by atoms with van der Waals surface area (Å²) in [7, 11) is 2.86. The van der Waals surface area contributed by atoms with Crippen molar-refractivity contribution in [3.63, 3.8) is 0 Å². The van der Waals surface area contributed by atoms with Gasteiger partial charge in [0, 0.05) is 35.1 Å². The van der Waals surface area contributed by atoms with Crippen molar-refractivity contribution in [2.45, 2.75) is 161 Å². The first kappa shape index (κ1) is 79.1. The molecule has 0 unspecified atom stereocenters. The number of halogens is 2. The molecule has 0 aliphatic carbocycles. The van der Waals surface area contributed by atoms with Crippen LogP contribution in [0.25, 0.3) is 30.4 Å². The molecule has 520 valence electrons. The summed E-state index contributed by atoms with van der Waals surface area (Å²) in [5, 5.41) is 35.8. The predicted molar refractivity (Wildman–Crippen MR) is 360 cm³/mol. The van der Waals surface area contributed by atoms with E-state index in [1.54, 1.807) is 69.2 Å². The van der Waals surface area contributed by atoms with Crippen LogP contribution in [0.1, 0.15) is 145 Å². The van der Waals surface area contributed by atoms with Gasteiger partial charge in [0.1, 0.15) is 72.7 Å². The maximum absolute atomic E-state index is 14.6. The number of aliphatic carboxylic acids is 1. The summed E-state index contributed by atoms with van der Waals surface area (Å²) in [6, 6.07) is 7.87. The van der Waals surface area contributed by atoms with Crippen molar-refractivity contribution in [1.82, 2.24) is 48.3 Å². The molecule has 6 heterocycles. The minimum atomic E-state index is -1.50. The van der Waals surface area contributed by atoms with Crippen molar-refractivity contribution >= 4 is 66.6 Å². The van der Waals surface area contributed by atoms with Crippen LogP contribution in [0.4, 0.5) is 8.78 Å². The zero-order valence-electron chi connectivity index (χ0n) is 55.1. The fraction of sp³-hybridized carbons (Fsp3) is 0.515. The van der Waals surface area contributed by atoms with Gasteiger partial charge in [0.15, 0.2) is 11.6 Å². The Morgan fingerprint density at radius 2 is 0.937 bits per heavy atom. The van der Waals surface area contributed by atoms with Gasteiger partial charge >= 0.3 is 23.3 Å². The normalized spacial score (nSPS) is 12.2. The highest BCUT2D eigenvalue weighted by atomic mass is 32.1. The number of ketones is 2. The van der Waals surface area contributed by atoms with E-state index >= 15 is 0 Å². The van der Waals surface area contributed by atoms with Crippen molar-refractivity contribution in [3.8, 4) is 21.5 Å². The van der Waals surface area contributed by atoms with Crippen molar-refractivity contribution in [1.29, 1.82) is 0 Å². The van der Waals surface area contributed by atoms with E-state index in [0.717, 1.165) is 31.8 Å². The Labute approximate surface area is 557 Å². The Morgan fingerprint density at radius 3 is 1.25 bits per heavy atom. The van der Waals surface area contributed by atoms with Crippen LogP contribution in [-0.2, 0) is 57.6 Å². The molecule has 0 saturated carbocycles. The Bertz CT molecular complexity index is 4200. The highest BCUT2D eigenvalue weighted by Crippen LogP contribution is 2.37. The fourth-order valence-electron chi connectivity index (χ4n) is 9.91. The predicted octanol–water partition coefficient (Wildman–Crippen LogP) is 9.93. The number of aromatic nitrogens is 10. The summed E-state index contributed by atoms with van der Waals surface area (Å²) in [5.74, 6) is -2.72. The standard InChI is InChI=1S/C32H40FN5O7S.C28H34FN5O6S.C4H8O2.2CH4/c1-18(2)15-25(39)32(6,7)37-27(40)26-20(5)28(38-34-11-12-35-38)46-29(26)36(31(37)42)17-24(44-13-14-45-30(41)19(3)4)22-16-21(33)9-10-23(22)43-8;1-16(2)13-22(36)28(4,5)33-24(37)23-17(3)25(34-30-9-10-31-34)41-26(23)32(27(33)38)15-21(40-12-11-35)19-14-18(29)7-8-20(19)39-6;1-3(2)4(5)6;;/h9-12,16,18-19,24H,13-15,17H2,1-8H3;7-10,14,16,21,35H,11-13,15H2,1-6H3;3H,1-2H3,(H,5,6);2*1H4/t24-;21-;;;/m00.../s1. The number of nitrogens with zero attached hydrogens (tertiary/aromatic N) is 10. The monoisotopic (exact) mass is 1360 g/mol. The zero-order chi connectivity index (χ0) is 69.1. The Morgan fingerprint density at radius 1 is 0.579 bits per heavy atom. The molecule has 95 heavy (non-hydrogen) atoms. The maximum Gasteiger partial charge on any atom is 0.333 e. The van der Waals surface area contributed by atoms with Crippen LogP contribution in [0.15, 0.2) is 80.4 Å². The molecule has 0 radical (unpaired) electrons. The van der Waals surface area contributed by atoms with Gasteiger partial charge in [-0.05, 0) is 89.8 Å². The van der Waals surface area contributed by atoms with Crippen LogP contribution in [0, 0.1) is 49.2 Å². The number of carbonyl (C=O) groups is 4. The van der Waals surface area contributed by atoms with E-state index in [2.05, 4.69) is 20.4 Å². The highest BCUT2D eigenvalue weighted by molar-refractivity contribution is 7.21. The molecule has 8 rings (SSSR count). The molecule has 0 aliphatic rings. The first-order chi connectivity index (χ1) is 43.7. The van der Waals surface area contributed by atoms with E-state index in [1.807, 2.05) is 27.7 Å². The summed E-state index contributed by atoms with van der Waals surface area (Å²) in [6.07, 6.45) is 4.36. The lowest BCUT2D eigenvalue weighted by atomic mass is 9.91. The van der Waals surface area contributed by atoms with Crippen LogP contribution < -0.4 is 32.0 Å². The van der Waals surface area contributed by atoms with Crippen molar-refractivity contribution in [2.24, 2.45) is 23.7 Å². The molecular formula is C66H90F2N10O15S2. The quantitative estimate of drug-likeness (QED) is 0.0357. The van der Waals surface area contributed by atoms with Crippen LogP contribution in [-0.4, -0.2) is 123 Å². The molecule has 0 amide bonds. The first-order valence-corrected chi connectivity index (χ1v) is 31.7. The van der Waals surface area contributed by atoms with E-state index in [4.69, 9.17) is 28.8 Å². The minimum absolute atomic E-state index is 0. The Hall–Kier alpha value is -8.38. The van der Waals surface area contributed by atoms with Gasteiger partial charge in [0.2, 0.25) is 0 Å². The Balaban J connectivity index is 0.000000367. The number of thiophene rings is 2. The van der Waals surface area contributed by atoms with E-state index in [0.29, 0.717) is 53.4 Å². The lowest BCUT2D eigenvalue weighted by molar-refractivity contribution is -0.149. The number of hydrogen-bond acceptors (Lipinski definition) is 20. The summed E-state index contributed by atoms with van der Waals surface area (Å²) in [5.41, 5.74) is -3.97. The number of carboxylic acid groups (broad SMARTS) is 1. The molecule has 0 bridgehead atoms. The number of rotatable bonds is 27. The number of ether oxygens (including phenoxy) is 5. The second-order valence-corrected chi connectivity index (χ2v) is 26.3. The summed E-state index contributed by atoms with van der Waals surface area (Å²) >= 11 is 2.27. The van der Waals surface area contributed by atoms with Gasteiger partial charge in [0.25, 0.3) is 11.1 Å². The van der Waals surface area contributed by atoms with E-state index in [1.165, 1.54) is 94.1 Å². The zero-order valence-corrected chi connectivity index (χ0v) is 56.8. The fourth-order valence-corrected chi connectivity index (χ4v) is 12.4. The minimum Gasteiger partial charge on any atom is -0.496 e. The highest BCUT2D eigenvalue weighted by Gasteiger charge is 2.38. The Kier molecular flexibility index (Phi) is 28.2. The smallest absolute Gasteiger partial charge is 0.333 e. The van der Waals surface area contributed by atoms with Gasteiger partial charge in [-0.2, -0.15) is 20.4 Å². The molecule has 0 spiro atoms. The van der Waals surface area contributed by atoms with Crippen LogP contribution in [0.2, 0.25) is 0 Å². The van der Waals surface area contributed by atoms with Gasteiger partial charge in [0.05, 0.1) is 94.5 Å². The number of aliphatic hydroxyl groups is 1. The molecule has 0 saturated heterocycles. The molecule has 0 aliphatic heterocycles. The number of esters is 1. The molecule has 0 fully saturated rings. The number of aliphatic hydroxyl groups excluding tert-OH is 1. The number of fused-ring (bicyclic) bond motifs is 2. The molecule has 2 N–H and O–H groups in total. The lowest BCUT2D eigenvalue weighted by Crippen LogP contribution is -2.53. The van der Waals surface area contributed by atoms with Gasteiger partial charge in [-0.1, -0.05) is 92.9 Å². The number of carbonyl (C=O) groups excluding carboxylic acids is 3. The molecule has 29 heteroatoms. The maximum atomic E-state index is 14.6. The number of hydrogen-bond donors (Lipinski definition) is 2. The average molecular weight is 1370 g/mol. The van der Waals surface area contributed by atoms with Crippen LogP contribution in [0.5, 0.6) is 11.5 Å². The van der Waals surface area contributed by atoms with Crippen LogP contribution >= 0.6 is 22.7 Å². The number of methoxy groups -OCH3 is 2. The lowest BCUT2D eigenvalue weighted by Gasteiger charge is -2.28. The van der Waals surface area contributed by atoms with Crippen molar-refractivity contribution in [2.75, 3.05) is 40.6 Å². The van der Waals surface area contributed by atoms with Crippen molar-refractivity contribution < 1.29 is 61.9 Å². The average Bonchev–Trinajstić information content (AvgIpc) is 1.67. The number of aryl methyl sites for hydroxylation is 2. The number of carboxylic acids is 1. The van der Waals surface area contributed by atoms with Gasteiger partial charge < -0.3 is 33.9 Å². The SMILES string of the molecule is C.C.CC(C)C(=O)O.COc1ccc(F)cc1[C@H](Cn1c(=O)n(C(C)(C)C(=O)CC(C)C)c(=O)c2c(C)c(-n3nccn3)sc21)OCCO.COc1ccc(F)cc1[C@H](Cn1c(=O)n(C(C)(C)C(=O)CC(C)C)c(=O)c2c(C)c(-n3nccn3)sc21)OCCOC(=O)C(C)C. The molecule has 2 atom stereocenters. The third-order valence-corrected chi connectivity index (χ3v) is 17.6. The summed E-state index contributed by atoms with van der Waals surface area (Å²) < 4.78 is 62.0. The van der Waals surface area contributed by atoms with Gasteiger partial charge in [-0.3, -0.25) is 37.9 Å². The van der Waals surface area contributed by atoms with E-state index in [-0.39, 0.29) is 113 Å². The second-order valence-electron chi connectivity index (χ2n) is 24.3. The first-order valence-electron chi connectivity index (χ1n) is 30.0. The van der Waals surface area contributed by atoms with E-state index in [9.17, 15) is 52.2 Å². The molecule has 25 nitrogen and oxygen atoms in total. The molecular weight excluding hydrogens is 1270 g/mol. The van der Waals surface area contributed by atoms with Crippen LogP contribution in [0.3, 0.4) is 0 Å². The largest absolute Gasteiger partial charge is 0.496 e. The molecule has 8 aromatic rings. The van der Waals surface area contributed by atoms with Crippen molar-refractivity contribution in [3.05, 3.63) is 137 Å². The summed E-state index contributed by atoms with van der Waals surface area (Å²) in [6.45, 7) is 23.0. The third-order valence-electron chi connectivity index (χ3n) is 15.0.